The smallest absolute Gasteiger partial charge is 0.254 e. The third-order valence-corrected chi connectivity index (χ3v) is 2.94. The number of hydrogen-bond donors (Lipinski definition) is 2. The maximum atomic E-state index is 13.3. The van der Waals surface area contributed by atoms with Crippen LogP contribution < -0.4 is 11.1 Å². The predicted octanol–water partition coefficient (Wildman–Crippen LogP) is 0.182. The van der Waals surface area contributed by atoms with Gasteiger partial charge in [-0.1, -0.05) is 0 Å². The van der Waals surface area contributed by atoms with Crippen LogP contribution in [0.3, 0.4) is 0 Å². The number of carbonyl (C=O) groups excluding carboxylic acids is 1. The van der Waals surface area contributed by atoms with Crippen molar-refractivity contribution in [2.24, 2.45) is 0 Å². The molecule has 94 valence electrons. The van der Waals surface area contributed by atoms with Crippen LogP contribution in [0.1, 0.15) is 10.4 Å². The lowest BCUT2D eigenvalue weighted by molar-refractivity contribution is 0.0952. The van der Waals surface area contributed by atoms with Crippen LogP contribution in [-0.4, -0.2) is 32.9 Å². The summed E-state index contributed by atoms with van der Waals surface area (Å²) in [5.74, 6) is -1.58. The standard InChI is InChI=1S/C10H13FN2O3S/c1-17(15,16)5-4-13-10(14)8-3-2-7(12)6-9(8)11/h2-3,6H,4-5,12H2,1H3,(H,13,14). The normalized spacial score (nSPS) is 11.2. The molecule has 1 rings (SSSR count). The van der Waals surface area contributed by atoms with Crippen LogP contribution in [0.2, 0.25) is 0 Å². The van der Waals surface area contributed by atoms with Gasteiger partial charge in [-0.05, 0) is 18.2 Å². The molecule has 3 N–H and O–H groups in total. The highest BCUT2D eigenvalue weighted by Gasteiger charge is 2.12. The van der Waals surface area contributed by atoms with Crippen molar-refractivity contribution in [3.8, 4) is 0 Å². The summed E-state index contributed by atoms with van der Waals surface area (Å²) in [6.07, 6.45) is 1.06. The summed E-state index contributed by atoms with van der Waals surface area (Å²) in [7, 11) is -3.15. The van der Waals surface area contributed by atoms with Crippen LogP contribution >= 0.6 is 0 Å². The molecule has 1 amide bonds. The minimum Gasteiger partial charge on any atom is -0.399 e. The Hall–Kier alpha value is -1.63. The largest absolute Gasteiger partial charge is 0.399 e. The summed E-state index contributed by atoms with van der Waals surface area (Å²) in [5, 5.41) is 2.32. The van der Waals surface area contributed by atoms with Crippen LogP contribution in [0.15, 0.2) is 18.2 Å². The molecule has 5 nitrogen and oxygen atoms in total. The first-order valence-corrected chi connectivity index (χ1v) is 6.86. The fourth-order valence-electron chi connectivity index (χ4n) is 1.16. The summed E-state index contributed by atoms with van der Waals surface area (Å²) in [4.78, 5) is 11.5. The van der Waals surface area contributed by atoms with E-state index in [0.717, 1.165) is 12.3 Å². The van der Waals surface area contributed by atoms with Gasteiger partial charge in [0.1, 0.15) is 15.7 Å². The molecule has 0 bridgehead atoms. The van der Waals surface area contributed by atoms with Crippen molar-refractivity contribution in [2.75, 3.05) is 24.3 Å². The summed E-state index contributed by atoms with van der Waals surface area (Å²) >= 11 is 0. The van der Waals surface area contributed by atoms with E-state index in [0.29, 0.717) is 0 Å². The highest BCUT2D eigenvalue weighted by molar-refractivity contribution is 7.90. The van der Waals surface area contributed by atoms with E-state index >= 15 is 0 Å². The zero-order valence-electron chi connectivity index (χ0n) is 9.23. The molecule has 0 heterocycles. The summed E-state index contributed by atoms with van der Waals surface area (Å²) < 4.78 is 34.9. The number of hydrogen-bond acceptors (Lipinski definition) is 4. The van der Waals surface area contributed by atoms with Crippen molar-refractivity contribution in [1.82, 2.24) is 5.32 Å². The van der Waals surface area contributed by atoms with Gasteiger partial charge in [-0.15, -0.1) is 0 Å². The molecular weight excluding hydrogens is 247 g/mol. The molecule has 0 saturated carbocycles. The summed E-state index contributed by atoms with van der Waals surface area (Å²) in [6.45, 7) is -0.0541. The van der Waals surface area contributed by atoms with Crippen LogP contribution in [0.5, 0.6) is 0 Å². The molecule has 0 saturated heterocycles. The topological polar surface area (TPSA) is 89.3 Å². The quantitative estimate of drug-likeness (QED) is 0.756. The molecule has 0 aromatic heterocycles. The van der Waals surface area contributed by atoms with E-state index in [1.54, 1.807) is 0 Å². The molecule has 7 heteroatoms. The first-order valence-electron chi connectivity index (χ1n) is 4.80. The molecule has 1 aromatic carbocycles. The maximum absolute atomic E-state index is 13.3. The van der Waals surface area contributed by atoms with Gasteiger partial charge in [0, 0.05) is 18.5 Å². The Kier molecular flexibility index (Phi) is 4.06. The Morgan fingerprint density at radius 1 is 1.47 bits per heavy atom. The van der Waals surface area contributed by atoms with Gasteiger partial charge in [-0.3, -0.25) is 4.79 Å². The molecule has 0 aliphatic carbocycles. The van der Waals surface area contributed by atoms with Crippen LogP contribution in [-0.2, 0) is 9.84 Å². The molecule has 0 aliphatic heterocycles. The molecule has 17 heavy (non-hydrogen) atoms. The Morgan fingerprint density at radius 2 is 2.12 bits per heavy atom. The minimum atomic E-state index is -3.15. The number of halogens is 1. The van der Waals surface area contributed by atoms with E-state index in [1.807, 2.05) is 0 Å². The van der Waals surface area contributed by atoms with Gasteiger partial charge in [0.25, 0.3) is 5.91 Å². The summed E-state index contributed by atoms with van der Waals surface area (Å²) in [5.41, 5.74) is 5.39. The van der Waals surface area contributed by atoms with Gasteiger partial charge >= 0.3 is 0 Å². The minimum absolute atomic E-state index is 0.0541. The first-order chi connectivity index (χ1) is 7.79. The lowest BCUT2D eigenvalue weighted by Crippen LogP contribution is -2.29. The van der Waals surface area contributed by atoms with E-state index in [-0.39, 0.29) is 23.5 Å². The van der Waals surface area contributed by atoms with E-state index < -0.39 is 21.6 Å². The number of benzene rings is 1. The number of carbonyl (C=O) groups is 1. The second-order valence-corrected chi connectivity index (χ2v) is 5.88. The Morgan fingerprint density at radius 3 is 2.65 bits per heavy atom. The summed E-state index contributed by atoms with van der Waals surface area (Å²) in [6, 6.07) is 3.68. The van der Waals surface area contributed by atoms with Crippen molar-refractivity contribution < 1.29 is 17.6 Å². The van der Waals surface area contributed by atoms with E-state index in [4.69, 9.17) is 5.73 Å². The van der Waals surface area contributed by atoms with E-state index in [2.05, 4.69) is 5.32 Å². The number of anilines is 1. The zero-order valence-corrected chi connectivity index (χ0v) is 10.1. The van der Waals surface area contributed by atoms with Crippen LogP contribution in [0.4, 0.5) is 10.1 Å². The van der Waals surface area contributed by atoms with E-state index in [9.17, 15) is 17.6 Å². The van der Waals surface area contributed by atoms with Crippen molar-refractivity contribution in [2.45, 2.75) is 0 Å². The average molecular weight is 260 g/mol. The lowest BCUT2D eigenvalue weighted by Gasteiger charge is -2.05. The third kappa shape index (κ3) is 4.39. The highest BCUT2D eigenvalue weighted by Crippen LogP contribution is 2.11. The second-order valence-electron chi connectivity index (χ2n) is 3.63. The van der Waals surface area contributed by atoms with Gasteiger partial charge < -0.3 is 11.1 Å². The fraction of sp³-hybridized carbons (Fsp3) is 0.300. The van der Waals surface area contributed by atoms with Crippen molar-refractivity contribution in [3.63, 3.8) is 0 Å². The van der Waals surface area contributed by atoms with Crippen molar-refractivity contribution in [1.29, 1.82) is 0 Å². The van der Waals surface area contributed by atoms with Gasteiger partial charge in [0.15, 0.2) is 0 Å². The van der Waals surface area contributed by atoms with Gasteiger partial charge in [0.2, 0.25) is 0 Å². The molecule has 0 spiro atoms. The first kappa shape index (κ1) is 13.4. The van der Waals surface area contributed by atoms with Gasteiger partial charge in [-0.25, -0.2) is 12.8 Å². The second kappa shape index (κ2) is 5.13. The lowest BCUT2D eigenvalue weighted by atomic mass is 10.2. The Balaban J connectivity index is 2.65. The van der Waals surface area contributed by atoms with Crippen LogP contribution in [0, 0.1) is 5.82 Å². The SMILES string of the molecule is CS(=O)(=O)CCNC(=O)c1ccc(N)cc1F. The Labute approximate surface area is 98.7 Å². The number of sulfone groups is 1. The average Bonchev–Trinajstić information content (AvgIpc) is 2.15. The monoisotopic (exact) mass is 260 g/mol. The number of nitrogens with two attached hydrogens (primary N) is 1. The molecule has 0 unspecified atom stereocenters. The molecule has 0 atom stereocenters. The molecule has 0 radical (unpaired) electrons. The van der Waals surface area contributed by atoms with Crippen molar-refractivity contribution in [3.05, 3.63) is 29.6 Å². The number of amides is 1. The number of nitrogens with one attached hydrogen (secondary N) is 1. The fourth-order valence-corrected chi connectivity index (χ4v) is 1.63. The molecule has 1 aromatic rings. The van der Waals surface area contributed by atoms with Gasteiger partial charge in [0.05, 0.1) is 11.3 Å². The zero-order chi connectivity index (χ0) is 13.1. The predicted molar refractivity (Wildman–Crippen MR) is 62.9 cm³/mol. The van der Waals surface area contributed by atoms with E-state index in [1.165, 1.54) is 12.1 Å². The third-order valence-electron chi connectivity index (χ3n) is 2.00. The number of nitrogen functional groups attached to an aromatic ring is 1. The Bertz CT molecular complexity index is 528. The van der Waals surface area contributed by atoms with Crippen molar-refractivity contribution >= 4 is 21.4 Å². The molecular formula is C10H13FN2O3S. The van der Waals surface area contributed by atoms with Gasteiger partial charge in [-0.2, -0.15) is 0 Å². The number of rotatable bonds is 4. The molecule has 0 fully saturated rings. The van der Waals surface area contributed by atoms with Crippen LogP contribution in [0.25, 0.3) is 0 Å². The molecule has 0 aliphatic rings. The highest BCUT2D eigenvalue weighted by atomic mass is 32.2. The maximum Gasteiger partial charge on any atom is 0.254 e.